The van der Waals surface area contributed by atoms with Crippen molar-refractivity contribution in [3.8, 4) is 0 Å². The van der Waals surface area contributed by atoms with Crippen molar-refractivity contribution in [2.75, 3.05) is 26.2 Å². The first-order chi connectivity index (χ1) is 10.2. The molecule has 5 heteroatoms. The van der Waals surface area contributed by atoms with E-state index >= 15 is 0 Å². The second-order valence-corrected chi connectivity index (χ2v) is 5.32. The van der Waals surface area contributed by atoms with Crippen molar-refractivity contribution < 1.29 is 9.59 Å². The summed E-state index contributed by atoms with van der Waals surface area (Å²) in [6.07, 6.45) is 4.75. The molecule has 0 radical (unpaired) electrons. The molecule has 1 saturated heterocycles. The highest BCUT2D eigenvalue weighted by Crippen LogP contribution is 2.21. The number of carbonyl (C=O) groups is 2. The summed E-state index contributed by atoms with van der Waals surface area (Å²) in [6, 6.07) is 3.55. The minimum absolute atomic E-state index is 0.0110. The Morgan fingerprint density at radius 1 is 1.29 bits per heavy atom. The summed E-state index contributed by atoms with van der Waals surface area (Å²) in [5.74, 6) is 0.299. The van der Waals surface area contributed by atoms with Crippen LogP contribution in [0.2, 0.25) is 0 Å². The Morgan fingerprint density at radius 2 is 1.95 bits per heavy atom. The zero-order chi connectivity index (χ0) is 15.2. The Balaban J connectivity index is 1.91. The molecule has 0 N–H and O–H groups in total. The summed E-state index contributed by atoms with van der Waals surface area (Å²) in [6.45, 7) is 6.80. The molecule has 1 aromatic rings. The largest absolute Gasteiger partial charge is 0.343 e. The van der Waals surface area contributed by atoms with Crippen molar-refractivity contribution in [2.45, 2.75) is 26.7 Å². The van der Waals surface area contributed by atoms with E-state index in [0.29, 0.717) is 18.7 Å². The van der Waals surface area contributed by atoms with Crippen LogP contribution in [-0.4, -0.2) is 52.8 Å². The van der Waals surface area contributed by atoms with Crippen molar-refractivity contribution in [1.29, 1.82) is 0 Å². The third kappa shape index (κ3) is 3.60. The van der Waals surface area contributed by atoms with Gasteiger partial charge in [0.1, 0.15) is 0 Å². The van der Waals surface area contributed by atoms with Crippen molar-refractivity contribution in [1.82, 2.24) is 14.8 Å². The Morgan fingerprint density at radius 3 is 2.48 bits per heavy atom. The molecule has 5 nitrogen and oxygen atoms in total. The van der Waals surface area contributed by atoms with Crippen LogP contribution in [0.25, 0.3) is 0 Å². The Kier molecular flexibility index (Phi) is 5.31. The van der Waals surface area contributed by atoms with E-state index in [0.717, 1.165) is 25.9 Å². The van der Waals surface area contributed by atoms with Crippen LogP contribution in [0.1, 0.15) is 37.0 Å². The number of hydrogen-bond acceptors (Lipinski definition) is 3. The van der Waals surface area contributed by atoms with Crippen LogP contribution >= 0.6 is 0 Å². The number of carbonyl (C=O) groups excluding carboxylic acids is 2. The van der Waals surface area contributed by atoms with Crippen LogP contribution in [0.5, 0.6) is 0 Å². The van der Waals surface area contributed by atoms with E-state index in [1.165, 1.54) is 0 Å². The van der Waals surface area contributed by atoms with Gasteiger partial charge in [-0.15, -0.1) is 0 Å². The molecule has 2 rings (SSSR count). The van der Waals surface area contributed by atoms with Gasteiger partial charge in [-0.25, -0.2) is 0 Å². The molecule has 0 spiro atoms. The second-order valence-electron chi connectivity index (χ2n) is 5.32. The van der Waals surface area contributed by atoms with E-state index in [4.69, 9.17) is 0 Å². The van der Waals surface area contributed by atoms with E-state index < -0.39 is 0 Å². The first-order valence-electron chi connectivity index (χ1n) is 7.65. The minimum atomic E-state index is 0.0110. The fourth-order valence-electron chi connectivity index (χ4n) is 2.79. The molecular formula is C16H23N3O2. The number of pyridine rings is 1. The maximum Gasteiger partial charge on any atom is 0.255 e. The van der Waals surface area contributed by atoms with Crippen molar-refractivity contribution in [3.63, 3.8) is 0 Å². The van der Waals surface area contributed by atoms with Crippen LogP contribution in [-0.2, 0) is 4.79 Å². The molecule has 0 atom stereocenters. The number of aromatic nitrogens is 1. The standard InChI is InChI=1S/C16H23N3O2/c1-3-18(4-2)15(20)13-7-10-19(11-8-13)16(21)14-6-5-9-17-12-14/h5-6,9,12-13H,3-4,7-8,10-11H2,1-2H3. The van der Waals surface area contributed by atoms with Gasteiger partial charge in [-0.05, 0) is 38.8 Å². The lowest BCUT2D eigenvalue weighted by molar-refractivity contribution is -0.136. The molecule has 0 unspecified atom stereocenters. The number of nitrogens with zero attached hydrogens (tertiary/aromatic N) is 3. The monoisotopic (exact) mass is 289 g/mol. The molecule has 0 aliphatic carbocycles. The summed E-state index contributed by atoms with van der Waals surface area (Å²) >= 11 is 0. The van der Waals surface area contributed by atoms with E-state index in [9.17, 15) is 9.59 Å². The number of amides is 2. The fraction of sp³-hybridized carbons (Fsp3) is 0.562. The number of hydrogen-bond donors (Lipinski definition) is 0. The van der Waals surface area contributed by atoms with E-state index in [1.54, 1.807) is 24.5 Å². The van der Waals surface area contributed by atoms with Gasteiger partial charge in [0.15, 0.2) is 0 Å². The van der Waals surface area contributed by atoms with E-state index in [1.807, 2.05) is 23.6 Å². The quantitative estimate of drug-likeness (QED) is 0.849. The van der Waals surface area contributed by atoms with Crippen LogP contribution < -0.4 is 0 Å². The van der Waals surface area contributed by atoms with Gasteiger partial charge in [0.25, 0.3) is 5.91 Å². The van der Waals surface area contributed by atoms with E-state index in [-0.39, 0.29) is 17.7 Å². The third-order valence-corrected chi connectivity index (χ3v) is 4.12. The molecule has 0 bridgehead atoms. The summed E-state index contributed by atoms with van der Waals surface area (Å²) in [4.78, 5) is 32.3. The SMILES string of the molecule is CCN(CC)C(=O)C1CCN(C(=O)c2cccnc2)CC1. The summed E-state index contributed by atoms with van der Waals surface area (Å²) < 4.78 is 0. The van der Waals surface area contributed by atoms with Gasteiger partial charge >= 0.3 is 0 Å². The molecule has 1 aliphatic rings. The molecule has 2 amide bonds. The van der Waals surface area contributed by atoms with Crippen LogP contribution in [0.15, 0.2) is 24.5 Å². The topological polar surface area (TPSA) is 53.5 Å². The highest BCUT2D eigenvalue weighted by Gasteiger charge is 2.29. The van der Waals surface area contributed by atoms with Gasteiger partial charge in [0.05, 0.1) is 5.56 Å². The lowest BCUT2D eigenvalue weighted by Crippen LogP contribution is -2.44. The number of piperidine rings is 1. The Bertz CT molecular complexity index is 478. The smallest absolute Gasteiger partial charge is 0.255 e. The minimum Gasteiger partial charge on any atom is -0.343 e. The zero-order valence-electron chi connectivity index (χ0n) is 12.8. The summed E-state index contributed by atoms with van der Waals surface area (Å²) in [5, 5.41) is 0. The van der Waals surface area contributed by atoms with Crippen molar-refractivity contribution in [3.05, 3.63) is 30.1 Å². The summed E-state index contributed by atoms with van der Waals surface area (Å²) in [7, 11) is 0. The first-order valence-corrected chi connectivity index (χ1v) is 7.65. The maximum absolute atomic E-state index is 12.3. The van der Waals surface area contributed by atoms with Crippen LogP contribution in [0.4, 0.5) is 0 Å². The maximum atomic E-state index is 12.3. The number of rotatable bonds is 4. The average molecular weight is 289 g/mol. The van der Waals surface area contributed by atoms with Crippen LogP contribution in [0.3, 0.4) is 0 Å². The fourth-order valence-corrected chi connectivity index (χ4v) is 2.79. The molecule has 2 heterocycles. The van der Waals surface area contributed by atoms with Crippen molar-refractivity contribution in [2.24, 2.45) is 5.92 Å². The molecule has 114 valence electrons. The molecule has 1 aliphatic heterocycles. The molecule has 21 heavy (non-hydrogen) atoms. The Labute approximate surface area is 126 Å². The molecule has 1 aromatic heterocycles. The Hall–Kier alpha value is -1.91. The normalized spacial score (nSPS) is 15.8. The first kappa shape index (κ1) is 15.5. The van der Waals surface area contributed by atoms with Crippen molar-refractivity contribution >= 4 is 11.8 Å². The summed E-state index contributed by atoms with van der Waals surface area (Å²) in [5.41, 5.74) is 0.617. The van der Waals surface area contributed by atoms with Gasteiger partial charge < -0.3 is 9.80 Å². The van der Waals surface area contributed by atoms with E-state index in [2.05, 4.69) is 4.98 Å². The highest BCUT2D eigenvalue weighted by molar-refractivity contribution is 5.94. The van der Waals surface area contributed by atoms with Crippen LogP contribution in [0, 0.1) is 5.92 Å². The zero-order valence-corrected chi connectivity index (χ0v) is 12.8. The predicted octanol–water partition coefficient (Wildman–Crippen LogP) is 1.80. The third-order valence-electron chi connectivity index (χ3n) is 4.12. The molecular weight excluding hydrogens is 266 g/mol. The van der Waals surface area contributed by atoms with Gasteiger partial charge in [-0.1, -0.05) is 0 Å². The lowest BCUT2D eigenvalue weighted by atomic mass is 9.95. The van der Waals surface area contributed by atoms with Gasteiger partial charge in [0.2, 0.25) is 5.91 Å². The highest BCUT2D eigenvalue weighted by atomic mass is 16.2. The average Bonchev–Trinajstić information content (AvgIpc) is 2.56. The second kappa shape index (κ2) is 7.20. The van der Waals surface area contributed by atoms with Gasteiger partial charge in [-0.3, -0.25) is 14.6 Å². The molecule has 1 fully saturated rings. The van der Waals surface area contributed by atoms with Gasteiger partial charge in [0, 0.05) is 44.5 Å². The molecule has 0 saturated carbocycles. The number of likely N-dealkylation sites (tertiary alicyclic amines) is 1. The predicted molar refractivity (Wildman–Crippen MR) is 80.8 cm³/mol. The van der Waals surface area contributed by atoms with Gasteiger partial charge in [-0.2, -0.15) is 0 Å². The lowest BCUT2D eigenvalue weighted by Gasteiger charge is -2.33. The molecule has 0 aromatic carbocycles.